The minimum atomic E-state index is -0.0669. The summed E-state index contributed by atoms with van der Waals surface area (Å²) in [5.41, 5.74) is 9.14. The Kier molecular flexibility index (Phi) is 6.19. The zero-order valence-corrected chi connectivity index (χ0v) is 16.5. The van der Waals surface area contributed by atoms with Crippen molar-refractivity contribution >= 4 is 17.4 Å². The van der Waals surface area contributed by atoms with Crippen molar-refractivity contribution in [2.24, 2.45) is 5.73 Å². The fraction of sp³-hybridized carbons (Fsp3) is 0.364. The summed E-state index contributed by atoms with van der Waals surface area (Å²) >= 11 is 0. The van der Waals surface area contributed by atoms with Gasteiger partial charge in [-0.05, 0) is 62.7 Å². The van der Waals surface area contributed by atoms with E-state index in [4.69, 9.17) is 15.9 Å². The molecule has 2 aromatic rings. The van der Waals surface area contributed by atoms with Gasteiger partial charge in [0, 0.05) is 47.9 Å². The predicted molar refractivity (Wildman–Crippen MR) is 113 cm³/mol. The maximum absolute atomic E-state index is 12.4. The van der Waals surface area contributed by atoms with E-state index in [2.05, 4.69) is 24.1 Å². The van der Waals surface area contributed by atoms with Gasteiger partial charge < -0.3 is 20.7 Å². The Hall–Kier alpha value is -3.02. The van der Waals surface area contributed by atoms with E-state index in [0.717, 1.165) is 36.5 Å². The van der Waals surface area contributed by atoms with E-state index in [1.807, 2.05) is 36.4 Å². The van der Waals surface area contributed by atoms with E-state index in [1.165, 1.54) is 0 Å². The lowest BCUT2D eigenvalue weighted by atomic mass is 9.96. The van der Waals surface area contributed by atoms with E-state index < -0.39 is 0 Å². The van der Waals surface area contributed by atoms with Gasteiger partial charge in [0.25, 0.3) is 5.91 Å². The highest BCUT2D eigenvalue weighted by Gasteiger charge is 2.24. The molecule has 0 spiro atoms. The topological polar surface area (TPSA) is 91.4 Å². The monoisotopic (exact) mass is 380 g/mol. The molecule has 1 unspecified atom stereocenters. The van der Waals surface area contributed by atoms with Crippen LogP contribution in [0.4, 0.5) is 5.69 Å². The molecule has 6 heteroatoms. The minimum absolute atomic E-state index is 0.0508. The molecule has 2 aromatic carbocycles. The number of fused-ring (bicyclic) bond motifs is 1. The lowest BCUT2D eigenvalue weighted by Crippen LogP contribution is -2.26. The normalized spacial score (nSPS) is 14.9. The van der Waals surface area contributed by atoms with Gasteiger partial charge in [0.1, 0.15) is 11.6 Å². The molecule has 1 amide bonds. The van der Waals surface area contributed by atoms with Crippen molar-refractivity contribution in [1.82, 2.24) is 5.32 Å². The Bertz CT molecular complexity index is 844. The Morgan fingerprint density at radius 3 is 2.50 bits per heavy atom. The Labute approximate surface area is 166 Å². The Morgan fingerprint density at radius 1 is 1.18 bits per heavy atom. The van der Waals surface area contributed by atoms with Gasteiger partial charge in [-0.15, -0.1) is 0 Å². The number of nitrogens with one attached hydrogen (secondary N) is 2. The summed E-state index contributed by atoms with van der Waals surface area (Å²) in [4.78, 5) is 14.7. The van der Waals surface area contributed by atoms with Crippen LogP contribution >= 0.6 is 0 Å². The lowest BCUT2D eigenvalue weighted by Gasteiger charge is -2.21. The number of anilines is 1. The highest BCUT2D eigenvalue weighted by atomic mass is 16.5. The SMILES string of the molecule is CCN(CC)c1ccc(C(=O)NCCC2COc3ccc(C(=N)N)cc32)cc1. The number of hydrogen-bond acceptors (Lipinski definition) is 4. The Balaban J connectivity index is 1.55. The number of nitrogens with zero attached hydrogens (tertiary/aromatic N) is 1. The van der Waals surface area contributed by atoms with Crippen molar-refractivity contribution in [3.05, 3.63) is 59.2 Å². The van der Waals surface area contributed by atoms with E-state index in [1.54, 1.807) is 6.07 Å². The molecule has 1 aliphatic rings. The van der Waals surface area contributed by atoms with Crippen LogP contribution in [0, 0.1) is 5.41 Å². The molecule has 0 aromatic heterocycles. The number of nitrogen functional groups attached to an aromatic ring is 1. The fourth-order valence-electron chi connectivity index (χ4n) is 3.56. The number of amides is 1. The maximum atomic E-state index is 12.4. The second kappa shape index (κ2) is 8.78. The zero-order chi connectivity index (χ0) is 20.1. The first-order valence-corrected chi connectivity index (χ1v) is 9.77. The summed E-state index contributed by atoms with van der Waals surface area (Å²) < 4.78 is 5.72. The quantitative estimate of drug-likeness (QED) is 0.485. The largest absolute Gasteiger partial charge is 0.493 e. The number of rotatable bonds is 8. The van der Waals surface area contributed by atoms with Crippen LogP contribution in [-0.4, -0.2) is 38.0 Å². The summed E-state index contributed by atoms with van der Waals surface area (Å²) in [6.45, 7) is 7.28. The molecule has 0 radical (unpaired) electrons. The molecule has 1 heterocycles. The Morgan fingerprint density at radius 2 is 1.86 bits per heavy atom. The number of benzene rings is 2. The molecule has 4 N–H and O–H groups in total. The molecule has 0 saturated heterocycles. The highest BCUT2D eigenvalue weighted by molar-refractivity contribution is 5.95. The van der Waals surface area contributed by atoms with Gasteiger partial charge in [-0.3, -0.25) is 10.2 Å². The molecule has 0 bridgehead atoms. The fourth-order valence-corrected chi connectivity index (χ4v) is 3.56. The minimum Gasteiger partial charge on any atom is -0.493 e. The smallest absolute Gasteiger partial charge is 0.251 e. The third-order valence-electron chi connectivity index (χ3n) is 5.24. The van der Waals surface area contributed by atoms with Crippen LogP contribution in [0.3, 0.4) is 0 Å². The number of carbonyl (C=O) groups excluding carboxylic acids is 1. The average Bonchev–Trinajstić information content (AvgIpc) is 3.11. The molecule has 0 saturated carbocycles. The summed E-state index contributed by atoms with van der Waals surface area (Å²) in [5, 5.41) is 10.6. The molecule has 3 rings (SSSR count). The standard InChI is InChI=1S/C22H28N4O2/c1-3-26(4-2)18-8-5-15(6-9-18)22(27)25-12-11-17-14-28-20-10-7-16(21(23)24)13-19(17)20/h5-10,13,17H,3-4,11-12,14H2,1-2H3,(H3,23,24)(H,25,27). The zero-order valence-electron chi connectivity index (χ0n) is 16.5. The number of hydrogen-bond donors (Lipinski definition) is 3. The van der Waals surface area contributed by atoms with Crippen LogP contribution in [0.5, 0.6) is 5.75 Å². The molecule has 1 atom stereocenters. The maximum Gasteiger partial charge on any atom is 0.251 e. The number of nitrogens with two attached hydrogens (primary N) is 1. The summed E-state index contributed by atoms with van der Waals surface area (Å²) in [6, 6.07) is 13.3. The molecule has 1 aliphatic heterocycles. The number of carbonyl (C=O) groups is 1. The highest BCUT2D eigenvalue weighted by Crippen LogP contribution is 2.36. The molecular formula is C22H28N4O2. The first kappa shape index (κ1) is 19.7. The molecule has 148 valence electrons. The van der Waals surface area contributed by atoms with Crippen LogP contribution in [0.2, 0.25) is 0 Å². The summed E-state index contributed by atoms with van der Waals surface area (Å²) in [5.74, 6) is 1.02. The second-order valence-corrected chi connectivity index (χ2v) is 6.94. The van der Waals surface area contributed by atoms with Gasteiger partial charge in [0.15, 0.2) is 0 Å². The average molecular weight is 380 g/mol. The summed E-state index contributed by atoms with van der Waals surface area (Å²) in [6.07, 6.45) is 0.775. The van der Waals surface area contributed by atoms with Crippen molar-refractivity contribution in [3.8, 4) is 5.75 Å². The van der Waals surface area contributed by atoms with E-state index in [-0.39, 0.29) is 17.7 Å². The van der Waals surface area contributed by atoms with Crippen molar-refractivity contribution in [1.29, 1.82) is 5.41 Å². The third-order valence-corrected chi connectivity index (χ3v) is 5.24. The van der Waals surface area contributed by atoms with Gasteiger partial charge in [-0.2, -0.15) is 0 Å². The number of amidine groups is 1. The van der Waals surface area contributed by atoms with Crippen LogP contribution in [-0.2, 0) is 0 Å². The van der Waals surface area contributed by atoms with Crippen LogP contribution < -0.4 is 20.7 Å². The van der Waals surface area contributed by atoms with Gasteiger partial charge in [0.05, 0.1) is 6.61 Å². The van der Waals surface area contributed by atoms with Crippen molar-refractivity contribution in [3.63, 3.8) is 0 Å². The van der Waals surface area contributed by atoms with E-state index >= 15 is 0 Å². The molecule has 6 nitrogen and oxygen atoms in total. The first-order chi connectivity index (χ1) is 13.5. The third kappa shape index (κ3) is 4.27. The lowest BCUT2D eigenvalue weighted by molar-refractivity contribution is 0.0952. The first-order valence-electron chi connectivity index (χ1n) is 9.77. The molecule has 0 fully saturated rings. The summed E-state index contributed by atoms with van der Waals surface area (Å²) in [7, 11) is 0. The number of ether oxygens (including phenoxy) is 1. The van der Waals surface area contributed by atoms with Gasteiger partial charge in [-0.1, -0.05) is 0 Å². The van der Waals surface area contributed by atoms with Crippen molar-refractivity contribution in [2.75, 3.05) is 31.1 Å². The predicted octanol–water partition coefficient (Wildman–Crippen LogP) is 3.11. The van der Waals surface area contributed by atoms with Crippen LogP contribution in [0.1, 0.15) is 47.7 Å². The van der Waals surface area contributed by atoms with Gasteiger partial charge in [-0.25, -0.2) is 0 Å². The van der Waals surface area contributed by atoms with Gasteiger partial charge >= 0.3 is 0 Å². The van der Waals surface area contributed by atoms with E-state index in [9.17, 15) is 4.79 Å². The molecule has 28 heavy (non-hydrogen) atoms. The second-order valence-electron chi connectivity index (χ2n) is 6.94. The molecular weight excluding hydrogens is 352 g/mol. The van der Waals surface area contributed by atoms with Crippen LogP contribution in [0.25, 0.3) is 0 Å². The van der Waals surface area contributed by atoms with Crippen LogP contribution in [0.15, 0.2) is 42.5 Å². The van der Waals surface area contributed by atoms with Gasteiger partial charge in [0.2, 0.25) is 0 Å². The van der Waals surface area contributed by atoms with Crippen molar-refractivity contribution in [2.45, 2.75) is 26.2 Å². The van der Waals surface area contributed by atoms with Crippen molar-refractivity contribution < 1.29 is 9.53 Å². The molecule has 0 aliphatic carbocycles. The van der Waals surface area contributed by atoms with E-state index in [0.29, 0.717) is 24.3 Å².